The Labute approximate surface area is 156 Å². The average Bonchev–Trinajstić information content (AvgIpc) is 3.40. The number of hydrogen-bond donors (Lipinski definition) is 0. The van der Waals surface area contributed by atoms with Gasteiger partial charge in [0, 0.05) is 38.3 Å². The van der Waals surface area contributed by atoms with E-state index in [9.17, 15) is 14.0 Å². The predicted octanol–water partition coefficient (Wildman–Crippen LogP) is 2.55. The van der Waals surface area contributed by atoms with Crippen LogP contribution in [0.15, 0.2) is 40.8 Å². The number of ether oxygens (including phenoxy) is 1. The second kappa shape index (κ2) is 7.52. The number of carbonyl (C=O) groups excluding carboxylic acids is 2. The third kappa shape index (κ3) is 3.73. The molecular weight excluding hydrogens is 351 g/mol. The minimum absolute atomic E-state index is 0.0243. The van der Waals surface area contributed by atoms with Gasteiger partial charge in [-0.1, -0.05) is 0 Å². The fourth-order valence-electron chi connectivity index (χ4n) is 3.48. The number of benzene rings is 1. The molecule has 3 heterocycles. The molecule has 0 radical (unpaired) electrons. The third-order valence-electron chi connectivity index (χ3n) is 5.03. The SMILES string of the molecule is O=C(c1ccc(-c2ccc(F)cc2)o1)N1CCN(C(=O)[C@@H]2CCCO2)CC1. The van der Waals surface area contributed by atoms with Crippen molar-refractivity contribution in [2.45, 2.75) is 18.9 Å². The Morgan fingerprint density at radius 2 is 1.67 bits per heavy atom. The lowest BCUT2D eigenvalue weighted by Crippen LogP contribution is -2.52. The molecule has 1 aromatic heterocycles. The first kappa shape index (κ1) is 17.7. The van der Waals surface area contributed by atoms with Gasteiger partial charge in [0.15, 0.2) is 5.76 Å². The molecule has 7 heteroatoms. The van der Waals surface area contributed by atoms with Gasteiger partial charge in [0.2, 0.25) is 0 Å². The van der Waals surface area contributed by atoms with E-state index in [4.69, 9.17) is 9.15 Å². The molecule has 0 aliphatic carbocycles. The minimum Gasteiger partial charge on any atom is -0.451 e. The van der Waals surface area contributed by atoms with Gasteiger partial charge in [-0.2, -0.15) is 0 Å². The second-order valence-corrected chi connectivity index (χ2v) is 6.79. The molecule has 4 rings (SSSR count). The first-order valence-corrected chi connectivity index (χ1v) is 9.17. The highest BCUT2D eigenvalue weighted by Crippen LogP contribution is 2.24. The summed E-state index contributed by atoms with van der Waals surface area (Å²) in [5, 5.41) is 0. The number of halogens is 1. The molecule has 2 aromatic rings. The molecule has 2 saturated heterocycles. The number of rotatable bonds is 3. The summed E-state index contributed by atoms with van der Waals surface area (Å²) in [5.41, 5.74) is 0.711. The van der Waals surface area contributed by atoms with Crippen molar-refractivity contribution in [1.29, 1.82) is 0 Å². The van der Waals surface area contributed by atoms with Gasteiger partial charge < -0.3 is 19.0 Å². The van der Waals surface area contributed by atoms with Crippen molar-refractivity contribution in [3.8, 4) is 11.3 Å². The van der Waals surface area contributed by atoms with Crippen molar-refractivity contribution < 1.29 is 23.1 Å². The van der Waals surface area contributed by atoms with Gasteiger partial charge in [-0.3, -0.25) is 9.59 Å². The van der Waals surface area contributed by atoms with Crippen molar-refractivity contribution in [3.05, 3.63) is 48.0 Å². The van der Waals surface area contributed by atoms with E-state index in [1.165, 1.54) is 12.1 Å². The van der Waals surface area contributed by atoms with Gasteiger partial charge in [-0.25, -0.2) is 4.39 Å². The van der Waals surface area contributed by atoms with E-state index in [1.807, 2.05) is 0 Å². The Morgan fingerprint density at radius 3 is 2.33 bits per heavy atom. The number of carbonyl (C=O) groups is 2. The summed E-state index contributed by atoms with van der Waals surface area (Å²) >= 11 is 0. The van der Waals surface area contributed by atoms with Crippen LogP contribution >= 0.6 is 0 Å². The molecule has 2 amide bonds. The molecule has 1 aromatic carbocycles. The predicted molar refractivity (Wildman–Crippen MR) is 95.6 cm³/mol. The van der Waals surface area contributed by atoms with E-state index in [1.54, 1.807) is 34.1 Å². The van der Waals surface area contributed by atoms with Crippen LogP contribution in [-0.4, -0.2) is 60.5 Å². The zero-order valence-electron chi connectivity index (χ0n) is 14.9. The highest BCUT2D eigenvalue weighted by molar-refractivity contribution is 5.92. The summed E-state index contributed by atoms with van der Waals surface area (Å²) in [7, 11) is 0. The van der Waals surface area contributed by atoms with Crippen LogP contribution in [0.25, 0.3) is 11.3 Å². The quantitative estimate of drug-likeness (QED) is 0.831. The number of amides is 2. The number of hydrogen-bond acceptors (Lipinski definition) is 4. The van der Waals surface area contributed by atoms with Gasteiger partial charge in [0.25, 0.3) is 11.8 Å². The van der Waals surface area contributed by atoms with Crippen molar-refractivity contribution in [3.63, 3.8) is 0 Å². The number of piperazine rings is 1. The molecule has 0 unspecified atom stereocenters. The van der Waals surface area contributed by atoms with E-state index in [0.29, 0.717) is 44.1 Å². The van der Waals surface area contributed by atoms with E-state index in [0.717, 1.165) is 12.8 Å². The summed E-state index contributed by atoms with van der Waals surface area (Å²) in [4.78, 5) is 28.5. The third-order valence-corrected chi connectivity index (χ3v) is 5.03. The molecule has 0 spiro atoms. The second-order valence-electron chi connectivity index (χ2n) is 6.79. The largest absolute Gasteiger partial charge is 0.451 e. The van der Waals surface area contributed by atoms with E-state index < -0.39 is 0 Å². The molecule has 0 bridgehead atoms. The molecule has 2 aliphatic heterocycles. The molecule has 27 heavy (non-hydrogen) atoms. The summed E-state index contributed by atoms with van der Waals surface area (Å²) in [6.07, 6.45) is 1.37. The topological polar surface area (TPSA) is 63.0 Å². The first-order valence-electron chi connectivity index (χ1n) is 9.17. The van der Waals surface area contributed by atoms with Crippen LogP contribution in [0.1, 0.15) is 23.4 Å². The maximum atomic E-state index is 13.0. The van der Waals surface area contributed by atoms with Crippen LogP contribution in [0.2, 0.25) is 0 Å². The van der Waals surface area contributed by atoms with E-state index >= 15 is 0 Å². The smallest absolute Gasteiger partial charge is 0.289 e. The lowest BCUT2D eigenvalue weighted by atomic mass is 10.2. The van der Waals surface area contributed by atoms with Crippen LogP contribution in [-0.2, 0) is 9.53 Å². The highest BCUT2D eigenvalue weighted by Gasteiger charge is 2.32. The van der Waals surface area contributed by atoms with Crippen LogP contribution < -0.4 is 0 Å². The van der Waals surface area contributed by atoms with Gasteiger partial charge >= 0.3 is 0 Å². The van der Waals surface area contributed by atoms with Crippen LogP contribution in [0, 0.1) is 5.82 Å². The lowest BCUT2D eigenvalue weighted by molar-refractivity contribution is -0.142. The fourth-order valence-corrected chi connectivity index (χ4v) is 3.48. The first-order chi connectivity index (χ1) is 13.1. The van der Waals surface area contributed by atoms with Crippen molar-refractivity contribution in [1.82, 2.24) is 9.80 Å². The molecule has 2 fully saturated rings. The van der Waals surface area contributed by atoms with Gasteiger partial charge in [0.1, 0.15) is 17.7 Å². The summed E-state index contributed by atoms with van der Waals surface area (Å²) in [6.45, 7) is 2.56. The molecule has 0 saturated carbocycles. The van der Waals surface area contributed by atoms with E-state index in [2.05, 4.69) is 0 Å². The Balaban J connectivity index is 1.37. The standard InChI is InChI=1S/C20H21FN2O4/c21-15-5-3-14(4-6-15)16-7-8-18(27-16)20(25)23-11-9-22(10-12-23)19(24)17-2-1-13-26-17/h3-8,17H,1-2,9-13H2/t17-/m0/s1. The Bertz CT molecular complexity index is 819. The fraction of sp³-hybridized carbons (Fsp3) is 0.400. The Kier molecular flexibility index (Phi) is 4.94. The zero-order valence-corrected chi connectivity index (χ0v) is 14.9. The van der Waals surface area contributed by atoms with Crippen LogP contribution in [0.4, 0.5) is 4.39 Å². The maximum Gasteiger partial charge on any atom is 0.289 e. The normalized spacial score (nSPS) is 20.1. The summed E-state index contributed by atoms with van der Waals surface area (Å²) in [5.74, 6) is 0.263. The van der Waals surface area contributed by atoms with Crippen molar-refractivity contribution >= 4 is 11.8 Å². The van der Waals surface area contributed by atoms with Crippen molar-refractivity contribution in [2.24, 2.45) is 0 Å². The van der Waals surface area contributed by atoms with Gasteiger partial charge in [-0.15, -0.1) is 0 Å². The van der Waals surface area contributed by atoms with Crippen LogP contribution in [0.3, 0.4) is 0 Å². The minimum atomic E-state index is -0.324. The molecule has 142 valence electrons. The lowest BCUT2D eigenvalue weighted by Gasteiger charge is -2.35. The maximum absolute atomic E-state index is 13.0. The zero-order chi connectivity index (χ0) is 18.8. The average molecular weight is 372 g/mol. The summed E-state index contributed by atoms with van der Waals surface area (Å²) < 4.78 is 24.2. The van der Waals surface area contributed by atoms with Gasteiger partial charge in [-0.05, 0) is 49.2 Å². The molecule has 6 nitrogen and oxygen atoms in total. The number of furan rings is 1. The Hall–Kier alpha value is -2.67. The highest BCUT2D eigenvalue weighted by atomic mass is 19.1. The summed E-state index contributed by atoms with van der Waals surface area (Å²) in [6, 6.07) is 9.26. The molecular formula is C20H21FN2O4. The van der Waals surface area contributed by atoms with E-state index in [-0.39, 0.29) is 29.5 Å². The Morgan fingerprint density at radius 1 is 0.963 bits per heavy atom. The molecule has 1 atom stereocenters. The van der Waals surface area contributed by atoms with Crippen molar-refractivity contribution in [2.75, 3.05) is 32.8 Å². The number of nitrogens with zero attached hydrogens (tertiary/aromatic N) is 2. The molecule has 0 N–H and O–H groups in total. The monoisotopic (exact) mass is 372 g/mol. The van der Waals surface area contributed by atoms with Gasteiger partial charge in [0.05, 0.1) is 0 Å². The molecule has 2 aliphatic rings. The van der Waals surface area contributed by atoms with Crippen LogP contribution in [0.5, 0.6) is 0 Å².